The van der Waals surface area contributed by atoms with Gasteiger partial charge in [-0.3, -0.25) is 18.9 Å². The molecule has 1 atom stereocenters. The number of hydrogen-bond donors (Lipinski definition) is 2. The van der Waals surface area contributed by atoms with Crippen LogP contribution in [0, 0.1) is 0 Å². The summed E-state index contributed by atoms with van der Waals surface area (Å²) in [5.41, 5.74) is 0.729. The number of amides is 4. The highest BCUT2D eigenvalue weighted by molar-refractivity contribution is 7.15. The third-order valence-corrected chi connectivity index (χ3v) is 3.94. The first-order valence-corrected chi connectivity index (χ1v) is 7.22. The van der Waals surface area contributed by atoms with Gasteiger partial charge >= 0.3 is 6.03 Å². The molecule has 2 aromatic rings. The van der Waals surface area contributed by atoms with E-state index in [0.717, 1.165) is 15.6 Å². The van der Waals surface area contributed by atoms with Crippen molar-refractivity contribution in [2.75, 3.05) is 13.1 Å². The number of thiazole rings is 1. The Morgan fingerprint density at radius 2 is 2.38 bits per heavy atom. The van der Waals surface area contributed by atoms with Crippen LogP contribution in [-0.4, -0.2) is 45.2 Å². The third-order valence-electron chi connectivity index (χ3n) is 3.17. The average Bonchev–Trinajstić information content (AvgIpc) is 3.08. The molecule has 0 spiro atoms. The number of fused-ring (bicyclic) bond motifs is 1. The van der Waals surface area contributed by atoms with Crippen LogP contribution < -0.4 is 10.6 Å². The number of nitrogens with one attached hydrogen (secondary N) is 2. The van der Waals surface area contributed by atoms with Gasteiger partial charge < -0.3 is 10.6 Å². The average molecular weight is 307 g/mol. The van der Waals surface area contributed by atoms with Crippen LogP contribution in [0.5, 0.6) is 0 Å². The fourth-order valence-electron chi connectivity index (χ4n) is 2.07. The molecule has 0 aromatic carbocycles. The van der Waals surface area contributed by atoms with E-state index in [0.29, 0.717) is 0 Å². The molecule has 9 heteroatoms. The van der Waals surface area contributed by atoms with Crippen molar-refractivity contribution in [3.63, 3.8) is 0 Å². The van der Waals surface area contributed by atoms with E-state index in [2.05, 4.69) is 15.6 Å². The van der Waals surface area contributed by atoms with E-state index in [4.69, 9.17) is 0 Å². The van der Waals surface area contributed by atoms with Gasteiger partial charge in [0.25, 0.3) is 5.91 Å². The van der Waals surface area contributed by atoms with E-state index < -0.39 is 17.8 Å². The third kappa shape index (κ3) is 2.59. The lowest BCUT2D eigenvalue weighted by Gasteiger charge is -2.15. The summed E-state index contributed by atoms with van der Waals surface area (Å²) in [4.78, 5) is 40.8. The van der Waals surface area contributed by atoms with E-state index in [1.165, 1.54) is 11.3 Å². The quantitative estimate of drug-likeness (QED) is 0.785. The molecule has 110 valence electrons. The fraction of sp³-hybridized carbons (Fsp3) is 0.333. The molecular weight excluding hydrogens is 294 g/mol. The van der Waals surface area contributed by atoms with Crippen molar-refractivity contribution in [3.05, 3.63) is 23.5 Å². The second kappa shape index (κ2) is 5.17. The van der Waals surface area contributed by atoms with Crippen LogP contribution in [0.3, 0.4) is 0 Å². The molecule has 0 aliphatic carbocycles. The minimum Gasteiger partial charge on any atom is -0.346 e. The summed E-state index contributed by atoms with van der Waals surface area (Å²) in [5.74, 6) is -0.797. The lowest BCUT2D eigenvalue weighted by atomic mass is 10.2. The molecule has 21 heavy (non-hydrogen) atoms. The highest BCUT2D eigenvalue weighted by Crippen LogP contribution is 2.16. The first-order valence-electron chi connectivity index (χ1n) is 6.34. The standard InChI is InChI=1S/C12H13N5O3S/c1-7(8-5-16-2-3-21-12(16)15-8)14-9(18)6-17-10(19)4-13-11(17)20/h2-3,5,7H,4,6H2,1H3,(H,13,20)(H,14,18)/t7-/m1/s1. The highest BCUT2D eigenvalue weighted by atomic mass is 32.1. The Morgan fingerprint density at radius 1 is 1.57 bits per heavy atom. The molecule has 1 saturated heterocycles. The van der Waals surface area contributed by atoms with Gasteiger partial charge in [0.2, 0.25) is 5.91 Å². The van der Waals surface area contributed by atoms with Crippen molar-refractivity contribution in [2.45, 2.75) is 13.0 Å². The van der Waals surface area contributed by atoms with Gasteiger partial charge in [0.05, 0.1) is 18.3 Å². The predicted octanol–water partition coefficient (Wildman–Crippen LogP) is 0.125. The number of imide groups is 1. The van der Waals surface area contributed by atoms with Crippen LogP contribution in [0.15, 0.2) is 17.8 Å². The number of carbonyl (C=O) groups excluding carboxylic acids is 3. The SMILES string of the molecule is C[C@@H](NC(=O)CN1C(=O)CNC1=O)c1cn2ccsc2n1. The first kappa shape index (κ1) is 13.6. The van der Waals surface area contributed by atoms with Crippen LogP contribution >= 0.6 is 11.3 Å². The molecule has 4 amide bonds. The van der Waals surface area contributed by atoms with Crippen LogP contribution in [0.1, 0.15) is 18.7 Å². The largest absolute Gasteiger partial charge is 0.346 e. The lowest BCUT2D eigenvalue weighted by molar-refractivity contribution is -0.130. The molecule has 1 fully saturated rings. The van der Waals surface area contributed by atoms with Gasteiger partial charge in [0.1, 0.15) is 6.54 Å². The summed E-state index contributed by atoms with van der Waals surface area (Å²) in [6.45, 7) is 1.46. The summed E-state index contributed by atoms with van der Waals surface area (Å²) >= 11 is 1.50. The van der Waals surface area contributed by atoms with Crippen molar-refractivity contribution < 1.29 is 14.4 Å². The molecule has 2 N–H and O–H groups in total. The molecular formula is C12H13N5O3S. The van der Waals surface area contributed by atoms with Crippen molar-refractivity contribution in [1.82, 2.24) is 24.9 Å². The van der Waals surface area contributed by atoms with Gasteiger partial charge in [0.15, 0.2) is 4.96 Å². The van der Waals surface area contributed by atoms with Crippen LogP contribution in [0.2, 0.25) is 0 Å². The molecule has 0 radical (unpaired) electrons. The number of aromatic nitrogens is 2. The number of hydrogen-bond acceptors (Lipinski definition) is 5. The molecule has 8 nitrogen and oxygen atoms in total. The number of carbonyl (C=O) groups is 3. The first-order chi connectivity index (χ1) is 10.0. The second-order valence-corrected chi connectivity index (χ2v) is 5.56. The van der Waals surface area contributed by atoms with Gasteiger partial charge in [-0.25, -0.2) is 9.78 Å². The van der Waals surface area contributed by atoms with E-state index >= 15 is 0 Å². The Morgan fingerprint density at radius 3 is 3.05 bits per heavy atom. The zero-order valence-electron chi connectivity index (χ0n) is 11.2. The van der Waals surface area contributed by atoms with Crippen molar-refractivity contribution in [2.24, 2.45) is 0 Å². The van der Waals surface area contributed by atoms with Gasteiger partial charge in [-0.05, 0) is 6.92 Å². The molecule has 1 aliphatic heterocycles. The minimum absolute atomic E-state index is 0.0566. The second-order valence-electron chi connectivity index (χ2n) is 4.69. The summed E-state index contributed by atoms with van der Waals surface area (Å²) in [6.07, 6.45) is 3.72. The smallest absolute Gasteiger partial charge is 0.325 e. The zero-order chi connectivity index (χ0) is 15.0. The Kier molecular flexibility index (Phi) is 3.34. The topological polar surface area (TPSA) is 95.8 Å². The van der Waals surface area contributed by atoms with E-state index in [1.807, 2.05) is 22.2 Å². The van der Waals surface area contributed by atoms with Crippen molar-refractivity contribution >= 4 is 34.1 Å². The minimum atomic E-state index is -0.537. The van der Waals surface area contributed by atoms with E-state index in [1.54, 1.807) is 6.92 Å². The Labute approximate surface area is 123 Å². The monoisotopic (exact) mass is 307 g/mol. The number of nitrogens with zero attached hydrogens (tertiary/aromatic N) is 3. The van der Waals surface area contributed by atoms with E-state index in [9.17, 15) is 14.4 Å². The maximum atomic E-state index is 11.9. The number of imidazole rings is 1. The number of urea groups is 1. The maximum absolute atomic E-state index is 11.9. The molecule has 1 aliphatic rings. The highest BCUT2D eigenvalue weighted by Gasteiger charge is 2.30. The van der Waals surface area contributed by atoms with Crippen LogP contribution in [0.25, 0.3) is 4.96 Å². The Hall–Kier alpha value is -2.42. The van der Waals surface area contributed by atoms with Crippen molar-refractivity contribution in [1.29, 1.82) is 0 Å². The molecule has 0 unspecified atom stereocenters. The molecule has 0 saturated carbocycles. The molecule has 0 bridgehead atoms. The van der Waals surface area contributed by atoms with Gasteiger partial charge in [0, 0.05) is 17.8 Å². The summed E-state index contributed by atoms with van der Waals surface area (Å²) in [6, 6.07) is -0.837. The molecule has 2 aromatic heterocycles. The zero-order valence-corrected chi connectivity index (χ0v) is 12.0. The van der Waals surface area contributed by atoms with Crippen molar-refractivity contribution in [3.8, 4) is 0 Å². The van der Waals surface area contributed by atoms with E-state index in [-0.39, 0.29) is 19.1 Å². The summed E-state index contributed by atoms with van der Waals surface area (Å²) in [5, 5.41) is 7.02. The van der Waals surface area contributed by atoms with Crippen LogP contribution in [-0.2, 0) is 9.59 Å². The fourth-order valence-corrected chi connectivity index (χ4v) is 2.78. The Bertz CT molecular complexity index is 677. The summed E-state index contributed by atoms with van der Waals surface area (Å²) in [7, 11) is 0. The van der Waals surface area contributed by atoms with Gasteiger partial charge in [-0.1, -0.05) is 0 Å². The summed E-state index contributed by atoms with van der Waals surface area (Å²) < 4.78 is 1.88. The van der Waals surface area contributed by atoms with Gasteiger partial charge in [-0.2, -0.15) is 0 Å². The lowest BCUT2D eigenvalue weighted by Crippen LogP contribution is -2.41. The normalized spacial score (nSPS) is 16.3. The predicted molar refractivity (Wildman–Crippen MR) is 74.7 cm³/mol. The molecule has 3 heterocycles. The Balaban J connectivity index is 1.63. The maximum Gasteiger partial charge on any atom is 0.325 e. The molecule has 3 rings (SSSR count). The number of rotatable bonds is 4. The van der Waals surface area contributed by atoms with Crippen LogP contribution in [0.4, 0.5) is 4.79 Å². The van der Waals surface area contributed by atoms with Gasteiger partial charge in [-0.15, -0.1) is 11.3 Å².